The number of hydrogen-bond donors (Lipinski definition) is 1. The second-order valence-corrected chi connectivity index (χ2v) is 12.6. The summed E-state index contributed by atoms with van der Waals surface area (Å²) in [6, 6.07) is 3.35. The molecule has 0 saturated carbocycles. The maximum Gasteiger partial charge on any atom is 0.308 e. The Labute approximate surface area is 250 Å². The first-order valence-corrected chi connectivity index (χ1v) is 15.4. The maximum absolute atomic E-state index is 13.8. The molecule has 1 amide bonds. The number of carboxylic acid groups (broad SMARTS) is 1. The number of carbonyl (C=O) groups excluding carboxylic acids is 1. The molecule has 1 aromatic rings. The number of quaternary nitrogens is 1. The summed E-state index contributed by atoms with van der Waals surface area (Å²) in [7, 11) is 8.10. The maximum atomic E-state index is 13.8. The number of fused-ring (bicyclic) bond motifs is 1. The molecule has 3 aliphatic heterocycles. The SMILES string of the molecule is CCCCN(CCCC[N+](C)(C)C)C(=O)CN1C[C@H](c2cc(OC)c3c(c2)OCO3)[C@@H](C(=O)O)[C@@H]1CCC1OCCO1. The molecule has 0 aromatic heterocycles. The first-order chi connectivity index (χ1) is 20.1. The Hall–Kier alpha value is -2.60. The number of benzene rings is 1. The zero-order valence-corrected chi connectivity index (χ0v) is 26.0. The summed E-state index contributed by atoms with van der Waals surface area (Å²) in [4.78, 5) is 30.7. The van der Waals surface area contributed by atoms with E-state index in [1.54, 1.807) is 7.11 Å². The highest BCUT2D eigenvalue weighted by Gasteiger charge is 2.48. The van der Waals surface area contributed by atoms with Gasteiger partial charge < -0.3 is 38.2 Å². The van der Waals surface area contributed by atoms with E-state index in [1.165, 1.54) is 0 Å². The van der Waals surface area contributed by atoms with E-state index in [2.05, 4.69) is 33.0 Å². The lowest BCUT2D eigenvalue weighted by molar-refractivity contribution is -0.870. The molecule has 3 heterocycles. The van der Waals surface area contributed by atoms with Gasteiger partial charge in [0.25, 0.3) is 0 Å². The lowest BCUT2D eigenvalue weighted by atomic mass is 9.83. The molecule has 1 N–H and O–H groups in total. The molecule has 1 aromatic carbocycles. The summed E-state index contributed by atoms with van der Waals surface area (Å²) in [5.41, 5.74) is 0.806. The number of amides is 1. The van der Waals surface area contributed by atoms with Crippen LogP contribution in [0.4, 0.5) is 0 Å². The minimum Gasteiger partial charge on any atom is -0.493 e. The number of rotatable bonds is 16. The largest absolute Gasteiger partial charge is 0.493 e. The second-order valence-electron chi connectivity index (χ2n) is 12.6. The van der Waals surface area contributed by atoms with Crippen LogP contribution in [0.3, 0.4) is 0 Å². The summed E-state index contributed by atoms with van der Waals surface area (Å²) in [5.74, 6) is -0.314. The number of likely N-dealkylation sites (tertiary alicyclic amines) is 1. The van der Waals surface area contributed by atoms with Gasteiger partial charge in [0.05, 0.1) is 60.5 Å². The summed E-state index contributed by atoms with van der Waals surface area (Å²) < 4.78 is 29.0. The van der Waals surface area contributed by atoms with Crippen LogP contribution in [0.5, 0.6) is 17.2 Å². The molecular weight excluding hydrogens is 542 g/mol. The quantitative estimate of drug-likeness (QED) is 0.229. The van der Waals surface area contributed by atoms with E-state index in [9.17, 15) is 14.7 Å². The molecule has 0 aliphatic carbocycles. The lowest BCUT2D eigenvalue weighted by Crippen LogP contribution is -2.45. The monoisotopic (exact) mass is 592 g/mol. The first-order valence-electron chi connectivity index (χ1n) is 15.4. The van der Waals surface area contributed by atoms with Gasteiger partial charge in [-0.1, -0.05) is 13.3 Å². The Balaban J connectivity index is 1.55. The minimum atomic E-state index is -0.881. The number of nitrogens with zero attached hydrogens (tertiary/aromatic N) is 3. The summed E-state index contributed by atoms with van der Waals surface area (Å²) >= 11 is 0. The Bertz CT molecular complexity index is 1060. The zero-order chi connectivity index (χ0) is 30.3. The first kappa shape index (κ1) is 32.3. The summed E-state index contributed by atoms with van der Waals surface area (Å²) in [6.45, 7) is 6.40. The Kier molecular flexibility index (Phi) is 11.3. The average molecular weight is 593 g/mol. The molecule has 0 radical (unpaired) electrons. The highest BCUT2D eigenvalue weighted by molar-refractivity contribution is 5.79. The van der Waals surface area contributed by atoms with Gasteiger partial charge in [-0.05, 0) is 49.8 Å². The summed E-state index contributed by atoms with van der Waals surface area (Å²) in [6.07, 6.45) is 4.71. The van der Waals surface area contributed by atoms with Gasteiger partial charge in [-0.3, -0.25) is 14.5 Å². The van der Waals surface area contributed by atoms with Crippen molar-refractivity contribution in [1.82, 2.24) is 9.80 Å². The van der Waals surface area contributed by atoms with E-state index in [4.69, 9.17) is 23.7 Å². The number of methoxy groups -OCH3 is 1. The van der Waals surface area contributed by atoms with E-state index in [-0.39, 0.29) is 37.5 Å². The van der Waals surface area contributed by atoms with Gasteiger partial charge in [0.15, 0.2) is 17.8 Å². The van der Waals surface area contributed by atoms with Crippen LogP contribution in [0, 0.1) is 5.92 Å². The van der Waals surface area contributed by atoms with E-state index in [0.29, 0.717) is 62.9 Å². The summed E-state index contributed by atoms with van der Waals surface area (Å²) in [5, 5.41) is 10.5. The van der Waals surface area contributed by atoms with Gasteiger partial charge in [0, 0.05) is 31.6 Å². The molecule has 236 valence electrons. The molecule has 0 spiro atoms. The van der Waals surface area contributed by atoms with Gasteiger partial charge in [-0.15, -0.1) is 0 Å². The topological polar surface area (TPSA) is 107 Å². The average Bonchev–Trinajstić information content (AvgIpc) is 3.70. The van der Waals surface area contributed by atoms with Crippen LogP contribution in [0.15, 0.2) is 12.1 Å². The lowest BCUT2D eigenvalue weighted by Gasteiger charge is -2.30. The standard InChI is InChI=1S/C31H49N3O8/c1-6-7-12-32(13-8-9-14-34(2,3)4)27(35)20-33-19-23(22-17-25(38-5)30-26(18-22)41-21-42-30)29(31(36)37)24(33)10-11-28-39-15-16-40-28/h17-18,23-24,28-29H,6-16,19-21H2,1-5H3/p+1/t23-,24+,29-/m1/s1. The predicted molar refractivity (Wildman–Crippen MR) is 157 cm³/mol. The molecule has 11 nitrogen and oxygen atoms in total. The van der Waals surface area contributed by atoms with Gasteiger partial charge in [0.1, 0.15) is 0 Å². The fourth-order valence-corrected chi connectivity index (χ4v) is 6.31. The van der Waals surface area contributed by atoms with Gasteiger partial charge >= 0.3 is 5.97 Å². The minimum absolute atomic E-state index is 0.0557. The fraction of sp³-hybridized carbons (Fsp3) is 0.742. The van der Waals surface area contributed by atoms with Crippen molar-refractivity contribution in [3.63, 3.8) is 0 Å². The number of carboxylic acids is 1. The van der Waals surface area contributed by atoms with Crippen LogP contribution in [0.25, 0.3) is 0 Å². The highest BCUT2D eigenvalue weighted by Crippen LogP contribution is 2.47. The zero-order valence-electron chi connectivity index (χ0n) is 26.0. The molecule has 42 heavy (non-hydrogen) atoms. The van der Waals surface area contributed by atoms with Crippen molar-refractivity contribution in [2.75, 3.05) is 81.0 Å². The number of unbranched alkanes of at least 4 members (excludes halogenated alkanes) is 2. The van der Waals surface area contributed by atoms with Crippen molar-refractivity contribution in [3.8, 4) is 17.2 Å². The van der Waals surface area contributed by atoms with E-state index in [0.717, 1.165) is 42.3 Å². The fourth-order valence-electron chi connectivity index (χ4n) is 6.31. The van der Waals surface area contributed by atoms with Crippen molar-refractivity contribution in [1.29, 1.82) is 0 Å². The molecule has 3 atom stereocenters. The van der Waals surface area contributed by atoms with E-state index >= 15 is 0 Å². The Morgan fingerprint density at radius 3 is 2.48 bits per heavy atom. The molecule has 0 unspecified atom stereocenters. The third-order valence-electron chi connectivity index (χ3n) is 8.51. The van der Waals surface area contributed by atoms with Crippen LogP contribution in [0.1, 0.15) is 56.9 Å². The van der Waals surface area contributed by atoms with Crippen molar-refractivity contribution < 1.29 is 42.9 Å². The van der Waals surface area contributed by atoms with Crippen molar-refractivity contribution in [3.05, 3.63) is 17.7 Å². The number of hydrogen-bond acceptors (Lipinski definition) is 8. The van der Waals surface area contributed by atoms with E-state index < -0.39 is 11.9 Å². The molecule has 2 saturated heterocycles. The van der Waals surface area contributed by atoms with Gasteiger partial charge in [-0.2, -0.15) is 0 Å². The van der Waals surface area contributed by atoms with Crippen LogP contribution in [-0.4, -0.2) is 125 Å². The van der Waals surface area contributed by atoms with Crippen LogP contribution in [-0.2, 0) is 19.1 Å². The molecule has 2 fully saturated rings. The van der Waals surface area contributed by atoms with Crippen molar-refractivity contribution in [2.24, 2.45) is 5.92 Å². The number of ether oxygens (including phenoxy) is 5. The van der Waals surface area contributed by atoms with E-state index in [1.807, 2.05) is 17.0 Å². The molecule has 3 aliphatic rings. The Morgan fingerprint density at radius 2 is 1.81 bits per heavy atom. The third-order valence-corrected chi connectivity index (χ3v) is 8.51. The molecular formula is C31H50N3O8+. The normalized spacial score (nSPS) is 22.5. The third kappa shape index (κ3) is 8.27. The van der Waals surface area contributed by atoms with Gasteiger partial charge in [0.2, 0.25) is 18.4 Å². The van der Waals surface area contributed by atoms with Gasteiger partial charge in [-0.25, -0.2) is 0 Å². The highest BCUT2D eigenvalue weighted by atomic mass is 16.7. The smallest absolute Gasteiger partial charge is 0.308 e. The Morgan fingerprint density at radius 1 is 1.07 bits per heavy atom. The number of aliphatic carboxylic acids is 1. The molecule has 4 rings (SSSR count). The molecule has 0 bridgehead atoms. The number of carbonyl (C=O) groups is 2. The van der Waals surface area contributed by atoms with Crippen LogP contribution in [0.2, 0.25) is 0 Å². The second kappa shape index (κ2) is 14.7. The van der Waals surface area contributed by atoms with Crippen molar-refractivity contribution >= 4 is 11.9 Å². The van der Waals surface area contributed by atoms with Crippen LogP contribution >= 0.6 is 0 Å². The molecule has 11 heteroatoms. The van der Waals surface area contributed by atoms with Crippen molar-refractivity contribution in [2.45, 2.75) is 63.7 Å². The van der Waals surface area contributed by atoms with Crippen LogP contribution < -0.4 is 14.2 Å². The predicted octanol–water partition coefficient (Wildman–Crippen LogP) is 3.16.